The molecule has 0 aliphatic carbocycles. The number of rotatable bonds is 4. The molecule has 0 saturated heterocycles. The number of aromatic nitrogens is 3. The van der Waals surface area contributed by atoms with Crippen LogP contribution < -0.4 is 17.6 Å². The number of hydrogen-bond donors (Lipinski definition) is 0. The Morgan fingerprint density at radius 1 is 0.309 bits per heavy atom. The third kappa shape index (κ3) is 3.59. The quantitative estimate of drug-likeness (QED) is 0.159. The average molecular weight is 762 g/mol. The fourth-order valence-electron chi connectivity index (χ4n) is 10.8. The Bertz CT molecular complexity index is 3330. The minimum absolute atomic E-state index is 1.27. The van der Waals surface area contributed by atoms with E-state index in [1.807, 2.05) is 0 Å². The second-order valence-corrected chi connectivity index (χ2v) is 24.0. The molecule has 0 atom stereocenters. The number of fused-ring (bicyclic) bond motifs is 9. The van der Waals surface area contributed by atoms with Crippen molar-refractivity contribution in [2.24, 2.45) is 0 Å². The summed E-state index contributed by atoms with van der Waals surface area (Å²) >= 11 is -3.96. The Morgan fingerprint density at radius 2 is 0.618 bits per heavy atom. The molecular weight excluding hydrogens is 727 g/mol. The standard InChI is InChI=1S/C51H35GeN3/c1-30-27-53-46-18-10-7-15-37(46)43-24-34(21-40(30)49(43)53)52(33-13-5-4-6-14-33,35-22-41-31(2)28-54-47-19-11-8-16-38(47)44(25-35)50(41)54)36-23-42-32(3)29-55-48-20-12-9-17-39(48)45(26-36)51(42)55/h4-29H,1-3H3. The van der Waals surface area contributed by atoms with Gasteiger partial charge >= 0.3 is 321 Å². The van der Waals surface area contributed by atoms with Gasteiger partial charge in [0.15, 0.2) is 0 Å². The molecule has 0 unspecified atom stereocenters. The Kier molecular flexibility index (Phi) is 5.61. The molecule has 0 amide bonds. The van der Waals surface area contributed by atoms with Crippen LogP contribution in [0.5, 0.6) is 0 Å². The van der Waals surface area contributed by atoms with Gasteiger partial charge in [0, 0.05) is 0 Å². The van der Waals surface area contributed by atoms with E-state index in [4.69, 9.17) is 0 Å². The first kappa shape index (κ1) is 30.1. The third-order valence-electron chi connectivity index (χ3n) is 13.2. The predicted octanol–water partition coefficient (Wildman–Crippen LogP) is 9.98. The topological polar surface area (TPSA) is 13.2 Å². The third-order valence-corrected chi connectivity index (χ3v) is 22.9. The van der Waals surface area contributed by atoms with Gasteiger partial charge in [0.25, 0.3) is 0 Å². The second kappa shape index (κ2) is 10.3. The molecule has 0 aliphatic rings. The molecule has 0 aliphatic heterocycles. The van der Waals surface area contributed by atoms with Crippen LogP contribution in [0.1, 0.15) is 16.7 Å². The maximum atomic E-state index is 2.61. The van der Waals surface area contributed by atoms with Gasteiger partial charge in [-0.3, -0.25) is 0 Å². The van der Waals surface area contributed by atoms with Crippen molar-refractivity contribution >= 4 is 112 Å². The summed E-state index contributed by atoms with van der Waals surface area (Å²) in [5.41, 5.74) is 11.8. The van der Waals surface area contributed by atoms with E-state index in [1.54, 1.807) is 0 Å². The van der Waals surface area contributed by atoms with Crippen molar-refractivity contribution in [2.45, 2.75) is 20.8 Å². The zero-order valence-corrected chi connectivity index (χ0v) is 33.0. The first-order chi connectivity index (χ1) is 27.0. The molecule has 6 heterocycles. The van der Waals surface area contributed by atoms with Crippen LogP contribution in [0.2, 0.25) is 0 Å². The van der Waals surface area contributed by atoms with E-state index in [0.717, 1.165) is 0 Å². The van der Waals surface area contributed by atoms with Gasteiger partial charge in [-0.25, -0.2) is 0 Å². The van der Waals surface area contributed by atoms with Gasteiger partial charge in [-0.1, -0.05) is 0 Å². The zero-order chi connectivity index (χ0) is 36.3. The van der Waals surface area contributed by atoms with Gasteiger partial charge in [-0.2, -0.15) is 0 Å². The Labute approximate surface area is 319 Å². The minimum atomic E-state index is -3.96. The summed E-state index contributed by atoms with van der Waals surface area (Å²) < 4.78 is 13.1. The van der Waals surface area contributed by atoms with E-state index >= 15 is 0 Å². The van der Waals surface area contributed by atoms with Crippen LogP contribution in [-0.2, 0) is 0 Å². The van der Waals surface area contributed by atoms with Crippen LogP contribution in [-0.4, -0.2) is 26.5 Å². The summed E-state index contributed by atoms with van der Waals surface area (Å²) in [7, 11) is 0. The van der Waals surface area contributed by atoms with E-state index in [9.17, 15) is 0 Å². The van der Waals surface area contributed by atoms with Gasteiger partial charge in [-0.05, 0) is 0 Å². The molecule has 0 saturated carbocycles. The van der Waals surface area contributed by atoms with E-state index in [0.29, 0.717) is 0 Å². The fraction of sp³-hybridized carbons (Fsp3) is 0.0588. The number of aryl methyl sites for hydroxylation is 3. The van der Waals surface area contributed by atoms with Gasteiger partial charge in [0.2, 0.25) is 0 Å². The van der Waals surface area contributed by atoms with E-state index in [2.05, 4.69) is 192 Å². The molecule has 6 aromatic heterocycles. The molecule has 4 heteroatoms. The summed E-state index contributed by atoms with van der Waals surface area (Å²) in [6.45, 7) is 6.88. The number of nitrogens with zero attached hydrogens (tertiary/aromatic N) is 3. The molecular formula is C51H35GeN3. The van der Waals surface area contributed by atoms with Gasteiger partial charge in [-0.15, -0.1) is 0 Å². The number of benzene rings is 7. The maximum absolute atomic E-state index is 3.96. The van der Waals surface area contributed by atoms with Crippen molar-refractivity contribution in [1.29, 1.82) is 0 Å². The van der Waals surface area contributed by atoms with Crippen molar-refractivity contribution in [2.75, 3.05) is 0 Å². The van der Waals surface area contributed by atoms with E-state index in [-0.39, 0.29) is 0 Å². The average Bonchev–Trinajstić information content (AvgIpc) is 4.05. The van der Waals surface area contributed by atoms with Crippen LogP contribution in [0.25, 0.3) is 81.6 Å². The molecule has 0 spiro atoms. The molecule has 258 valence electrons. The number of hydrogen-bond acceptors (Lipinski definition) is 0. The van der Waals surface area contributed by atoms with Crippen LogP contribution in [0.15, 0.2) is 158 Å². The number of para-hydroxylation sites is 3. The molecule has 0 N–H and O–H groups in total. The zero-order valence-electron chi connectivity index (χ0n) is 30.9. The van der Waals surface area contributed by atoms with Crippen molar-refractivity contribution in [3.05, 3.63) is 175 Å². The van der Waals surface area contributed by atoms with Crippen molar-refractivity contribution in [1.82, 2.24) is 13.2 Å². The van der Waals surface area contributed by atoms with E-state index in [1.165, 1.54) is 116 Å². The van der Waals surface area contributed by atoms with Crippen LogP contribution in [0, 0.1) is 20.8 Å². The second-order valence-electron chi connectivity index (χ2n) is 16.0. The normalized spacial score (nSPS) is 13.0. The summed E-state index contributed by atoms with van der Waals surface area (Å²) in [6, 6.07) is 54.2. The molecule has 13 rings (SSSR count). The molecule has 0 fully saturated rings. The summed E-state index contributed by atoms with van der Waals surface area (Å²) in [5.74, 6) is 0. The van der Waals surface area contributed by atoms with Gasteiger partial charge in [0.1, 0.15) is 0 Å². The molecule has 13 aromatic rings. The summed E-state index contributed by atoms with van der Waals surface area (Å²) in [5, 5.41) is 12.1. The fourth-order valence-corrected chi connectivity index (χ4v) is 21.0. The van der Waals surface area contributed by atoms with Crippen LogP contribution in [0.3, 0.4) is 0 Å². The first-order valence-electron chi connectivity index (χ1n) is 19.3. The molecule has 55 heavy (non-hydrogen) atoms. The molecule has 0 radical (unpaired) electrons. The Morgan fingerprint density at radius 3 is 0.982 bits per heavy atom. The predicted molar refractivity (Wildman–Crippen MR) is 236 cm³/mol. The van der Waals surface area contributed by atoms with Crippen LogP contribution in [0.4, 0.5) is 0 Å². The Hall–Kier alpha value is -6.30. The van der Waals surface area contributed by atoms with Crippen molar-refractivity contribution in [3.63, 3.8) is 0 Å². The van der Waals surface area contributed by atoms with Crippen molar-refractivity contribution < 1.29 is 0 Å². The molecule has 0 bridgehead atoms. The Balaban J connectivity index is 1.28. The van der Waals surface area contributed by atoms with E-state index < -0.39 is 13.3 Å². The van der Waals surface area contributed by atoms with Crippen molar-refractivity contribution in [3.8, 4) is 0 Å². The molecule has 7 aromatic carbocycles. The first-order valence-corrected chi connectivity index (χ1v) is 23.5. The SMILES string of the molecule is Cc1cn2c3ccccc3c3c[c]([Ge]([c]4ccccc4)([c]4cc5c(C)cn6c7ccccc7c(c4)c56)[c]4cc5c(C)cn6c7ccccc7c(c4)c56)cc1c32. The van der Waals surface area contributed by atoms with Crippen LogP contribution >= 0.6 is 0 Å². The van der Waals surface area contributed by atoms with Gasteiger partial charge in [0.05, 0.1) is 0 Å². The summed E-state index contributed by atoms with van der Waals surface area (Å²) in [4.78, 5) is 0. The summed E-state index contributed by atoms with van der Waals surface area (Å²) in [6.07, 6.45) is 7.06. The monoisotopic (exact) mass is 763 g/mol. The molecule has 3 nitrogen and oxygen atoms in total. The van der Waals surface area contributed by atoms with Gasteiger partial charge < -0.3 is 0 Å².